The Hall–Kier alpha value is -0.800. The maximum atomic E-state index is 5.93. The van der Waals surface area contributed by atoms with Crippen LogP contribution in [-0.2, 0) is 0 Å². The van der Waals surface area contributed by atoms with E-state index in [2.05, 4.69) is 17.2 Å². The third-order valence-electron chi connectivity index (χ3n) is 2.41. The topological polar surface area (TPSA) is 24.9 Å². The normalized spacial score (nSPS) is 10.9. The molecule has 1 N–H and O–H groups in total. The monoisotopic (exact) mass is 254 g/mol. The fourth-order valence-electron chi connectivity index (χ4n) is 1.54. The Morgan fingerprint density at radius 2 is 2.25 bits per heavy atom. The summed E-state index contributed by atoms with van der Waals surface area (Å²) in [4.78, 5) is 4.50. The van der Waals surface area contributed by atoms with Crippen LogP contribution in [0.2, 0.25) is 5.02 Å². The molecule has 0 bridgehead atoms. The molecule has 0 aliphatic heterocycles. The van der Waals surface area contributed by atoms with Gasteiger partial charge < -0.3 is 5.32 Å². The van der Waals surface area contributed by atoms with Crippen molar-refractivity contribution in [2.75, 3.05) is 11.9 Å². The highest BCUT2D eigenvalue weighted by atomic mass is 35.5. The minimum atomic E-state index is 0.772. The van der Waals surface area contributed by atoms with Crippen LogP contribution in [0.1, 0.15) is 26.2 Å². The molecule has 0 fully saturated rings. The van der Waals surface area contributed by atoms with Gasteiger partial charge in [0.25, 0.3) is 0 Å². The van der Waals surface area contributed by atoms with Gasteiger partial charge in [-0.3, -0.25) is 0 Å². The summed E-state index contributed by atoms with van der Waals surface area (Å²) in [6, 6.07) is 5.81. The van der Waals surface area contributed by atoms with Crippen LogP contribution in [0.3, 0.4) is 0 Å². The highest BCUT2D eigenvalue weighted by Gasteiger charge is 2.03. The Morgan fingerprint density at radius 1 is 1.38 bits per heavy atom. The third kappa shape index (κ3) is 2.86. The van der Waals surface area contributed by atoms with E-state index >= 15 is 0 Å². The number of benzene rings is 1. The van der Waals surface area contributed by atoms with E-state index < -0.39 is 0 Å². The van der Waals surface area contributed by atoms with Gasteiger partial charge in [-0.25, -0.2) is 4.98 Å². The molecule has 16 heavy (non-hydrogen) atoms. The molecule has 0 atom stereocenters. The van der Waals surface area contributed by atoms with E-state index in [-0.39, 0.29) is 0 Å². The first kappa shape index (κ1) is 11.7. The van der Waals surface area contributed by atoms with Crippen molar-refractivity contribution < 1.29 is 0 Å². The number of anilines is 1. The average molecular weight is 255 g/mol. The van der Waals surface area contributed by atoms with Gasteiger partial charge in [0.15, 0.2) is 5.13 Å². The summed E-state index contributed by atoms with van der Waals surface area (Å²) in [6.07, 6.45) is 3.72. The molecule has 86 valence electrons. The van der Waals surface area contributed by atoms with Crippen LogP contribution in [0.15, 0.2) is 18.2 Å². The lowest BCUT2D eigenvalue weighted by atomic mass is 10.2. The van der Waals surface area contributed by atoms with E-state index in [0.29, 0.717) is 0 Å². The number of hydrogen-bond donors (Lipinski definition) is 1. The van der Waals surface area contributed by atoms with Gasteiger partial charge in [0.2, 0.25) is 0 Å². The number of rotatable bonds is 5. The van der Waals surface area contributed by atoms with Crippen LogP contribution >= 0.6 is 22.9 Å². The zero-order valence-corrected chi connectivity index (χ0v) is 10.9. The van der Waals surface area contributed by atoms with Gasteiger partial charge in [-0.15, -0.1) is 0 Å². The summed E-state index contributed by atoms with van der Waals surface area (Å²) in [6.45, 7) is 3.21. The molecular weight excluding hydrogens is 240 g/mol. The molecule has 0 amide bonds. The Balaban J connectivity index is 2.02. The van der Waals surface area contributed by atoms with Crippen molar-refractivity contribution in [3.8, 4) is 0 Å². The van der Waals surface area contributed by atoms with Crippen molar-refractivity contribution in [3.05, 3.63) is 23.2 Å². The largest absolute Gasteiger partial charge is 0.361 e. The summed E-state index contributed by atoms with van der Waals surface area (Å²) in [5.74, 6) is 0. The van der Waals surface area contributed by atoms with Crippen molar-refractivity contribution >= 4 is 38.3 Å². The van der Waals surface area contributed by atoms with Crippen LogP contribution in [0.5, 0.6) is 0 Å². The zero-order chi connectivity index (χ0) is 11.4. The number of hydrogen-bond acceptors (Lipinski definition) is 3. The smallest absolute Gasteiger partial charge is 0.183 e. The highest BCUT2D eigenvalue weighted by Crippen LogP contribution is 2.28. The van der Waals surface area contributed by atoms with Crippen LogP contribution < -0.4 is 5.32 Å². The Kier molecular flexibility index (Phi) is 4.02. The number of nitrogens with zero attached hydrogens (tertiary/aromatic N) is 1. The Labute approximate surface area is 105 Å². The maximum Gasteiger partial charge on any atom is 0.183 e. The van der Waals surface area contributed by atoms with Crippen LogP contribution in [0.4, 0.5) is 5.13 Å². The summed E-state index contributed by atoms with van der Waals surface area (Å²) < 4.78 is 1.14. The molecule has 0 radical (unpaired) electrons. The number of halogens is 1. The van der Waals surface area contributed by atoms with Crippen LogP contribution in [0.25, 0.3) is 10.2 Å². The van der Waals surface area contributed by atoms with Gasteiger partial charge in [0.1, 0.15) is 0 Å². The lowest BCUT2D eigenvalue weighted by Gasteiger charge is -1.99. The second kappa shape index (κ2) is 5.51. The first-order chi connectivity index (χ1) is 7.79. The number of aromatic nitrogens is 1. The van der Waals surface area contributed by atoms with E-state index in [4.69, 9.17) is 11.6 Å². The molecule has 2 nitrogen and oxygen atoms in total. The van der Waals surface area contributed by atoms with Crippen molar-refractivity contribution in [1.82, 2.24) is 4.98 Å². The van der Waals surface area contributed by atoms with Crippen molar-refractivity contribution in [2.45, 2.75) is 26.2 Å². The molecular formula is C12H15ClN2S. The first-order valence-electron chi connectivity index (χ1n) is 5.59. The van der Waals surface area contributed by atoms with Crippen LogP contribution in [0, 0.1) is 0 Å². The SMILES string of the molecule is CCCCCNc1nc2ccc(Cl)cc2s1. The third-order valence-corrected chi connectivity index (χ3v) is 3.62. The quantitative estimate of drug-likeness (QED) is 0.792. The first-order valence-corrected chi connectivity index (χ1v) is 6.79. The lowest BCUT2D eigenvalue weighted by Crippen LogP contribution is -2.00. The fourth-order valence-corrected chi connectivity index (χ4v) is 2.71. The fraction of sp³-hybridized carbons (Fsp3) is 0.417. The molecule has 4 heteroatoms. The average Bonchev–Trinajstić information content (AvgIpc) is 2.66. The van der Waals surface area contributed by atoms with Crippen molar-refractivity contribution in [3.63, 3.8) is 0 Å². The Morgan fingerprint density at radius 3 is 3.06 bits per heavy atom. The van der Waals surface area contributed by atoms with Gasteiger partial charge in [-0.05, 0) is 24.6 Å². The lowest BCUT2D eigenvalue weighted by molar-refractivity contribution is 0.743. The molecule has 1 aromatic heterocycles. The summed E-state index contributed by atoms with van der Waals surface area (Å²) in [5, 5.41) is 5.12. The van der Waals surface area contributed by atoms with Gasteiger partial charge in [-0.1, -0.05) is 42.7 Å². The number of unbranched alkanes of at least 4 members (excludes halogenated alkanes) is 2. The number of thiazole rings is 1. The standard InChI is InChI=1S/C12H15ClN2S/c1-2-3-4-7-14-12-15-10-6-5-9(13)8-11(10)16-12/h5-6,8H,2-4,7H2,1H3,(H,14,15). The van der Waals surface area contributed by atoms with E-state index in [0.717, 1.165) is 26.9 Å². The van der Waals surface area contributed by atoms with E-state index in [1.807, 2.05) is 18.2 Å². The molecule has 1 aromatic carbocycles. The highest BCUT2D eigenvalue weighted by molar-refractivity contribution is 7.22. The second-order valence-corrected chi connectivity index (χ2v) is 5.23. The minimum absolute atomic E-state index is 0.772. The second-order valence-electron chi connectivity index (χ2n) is 3.76. The van der Waals surface area contributed by atoms with E-state index in [9.17, 15) is 0 Å². The maximum absolute atomic E-state index is 5.93. The van der Waals surface area contributed by atoms with Crippen LogP contribution in [-0.4, -0.2) is 11.5 Å². The zero-order valence-electron chi connectivity index (χ0n) is 9.29. The molecule has 0 spiro atoms. The molecule has 2 aromatic rings. The summed E-state index contributed by atoms with van der Waals surface area (Å²) >= 11 is 7.59. The molecule has 2 rings (SSSR count). The minimum Gasteiger partial charge on any atom is -0.361 e. The Bertz CT molecular complexity index is 467. The molecule has 0 unspecified atom stereocenters. The van der Waals surface area contributed by atoms with Crippen molar-refractivity contribution in [1.29, 1.82) is 0 Å². The van der Waals surface area contributed by atoms with Gasteiger partial charge in [0, 0.05) is 11.6 Å². The predicted molar refractivity (Wildman–Crippen MR) is 72.6 cm³/mol. The predicted octanol–water partition coefficient (Wildman–Crippen LogP) is 4.55. The molecule has 0 aliphatic carbocycles. The summed E-state index contributed by atoms with van der Waals surface area (Å²) in [5.41, 5.74) is 1.02. The molecule has 0 aliphatic rings. The van der Waals surface area contributed by atoms with Crippen molar-refractivity contribution in [2.24, 2.45) is 0 Å². The van der Waals surface area contributed by atoms with E-state index in [1.165, 1.54) is 19.3 Å². The summed E-state index contributed by atoms with van der Waals surface area (Å²) in [7, 11) is 0. The van der Waals surface area contributed by atoms with Gasteiger partial charge in [-0.2, -0.15) is 0 Å². The number of fused-ring (bicyclic) bond motifs is 1. The molecule has 0 saturated carbocycles. The molecule has 0 saturated heterocycles. The van der Waals surface area contributed by atoms with Gasteiger partial charge in [0.05, 0.1) is 10.2 Å². The van der Waals surface area contributed by atoms with Gasteiger partial charge >= 0.3 is 0 Å². The number of nitrogens with one attached hydrogen (secondary N) is 1. The molecule has 1 heterocycles. The van der Waals surface area contributed by atoms with E-state index in [1.54, 1.807) is 11.3 Å².